The standard InChI is InChI=1S/C31H31N3OS/c1-5-22-11-15-25(16-12-22)32-31-34(26-17-13-23(6-2)14-18-26)30(35)29(36-31)19-24-20-33(21(3)4)28-10-8-7-9-27(24)28/h7-21H,5-6H2,1-4H3/b29-19-,32-31?. The van der Waals surface area contributed by atoms with Crippen molar-refractivity contribution in [2.75, 3.05) is 4.90 Å². The van der Waals surface area contributed by atoms with E-state index in [1.807, 2.05) is 36.4 Å². The van der Waals surface area contributed by atoms with Gasteiger partial charge in [0, 0.05) is 28.7 Å². The minimum atomic E-state index is -0.0467. The highest BCUT2D eigenvalue weighted by atomic mass is 32.2. The van der Waals surface area contributed by atoms with Crippen LogP contribution in [0.4, 0.5) is 11.4 Å². The van der Waals surface area contributed by atoms with Gasteiger partial charge >= 0.3 is 0 Å². The lowest BCUT2D eigenvalue weighted by molar-refractivity contribution is -0.113. The van der Waals surface area contributed by atoms with Gasteiger partial charge in [-0.05, 0) is 86.0 Å². The van der Waals surface area contributed by atoms with E-state index in [1.165, 1.54) is 28.4 Å². The summed E-state index contributed by atoms with van der Waals surface area (Å²) in [5, 5.41) is 1.82. The molecule has 0 atom stereocenters. The predicted octanol–water partition coefficient (Wildman–Crippen LogP) is 8.16. The van der Waals surface area contributed by atoms with Crippen LogP contribution in [0.2, 0.25) is 0 Å². The Bertz CT molecular complexity index is 1460. The Morgan fingerprint density at radius 2 is 1.53 bits per heavy atom. The molecular weight excluding hydrogens is 462 g/mol. The third kappa shape index (κ3) is 4.63. The maximum Gasteiger partial charge on any atom is 0.271 e. The number of aromatic nitrogens is 1. The molecule has 4 aromatic rings. The molecule has 5 rings (SSSR count). The van der Waals surface area contributed by atoms with Crippen molar-refractivity contribution in [1.29, 1.82) is 0 Å². The lowest BCUT2D eigenvalue weighted by atomic mass is 10.1. The Morgan fingerprint density at radius 1 is 0.889 bits per heavy atom. The molecule has 1 aliphatic heterocycles. The van der Waals surface area contributed by atoms with Gasteiger partial charge in [-0.1, -0.05) is 56.3 Å². The van der Waals surface area contributed by atoms with Crippen molar-refractivity contribution in [3.8, 4) is 0 Å². The van der Waals surface area contributed by atoms with E-state index in [4.69, 9.17) is 4.99 Å². The average molecular weight is 494 g/mol. The number of carbonyl (C=O) groups excluding carboxylic acids is 1. The molecule has 1 aromatic heterocycles. The Hall–Kier alpha value is -3.57. The molecular formula is C31H31N3OS. The zero-order valence-corrected chi connectivity index (χ0v) is 22.0. The largest absolute Gasteiger partial charge is 0.344 e. The van der Waals surface area contributed by atoms with Gasteiger partial charge in [0.25, 0.3) is 5.91 Å². The predicted molar refractivity (Wildman–Crippen MR) is 154 cm³/mol. The number of anilines is 1. The van der Waals surface area contributed by atoms with Crippen LogP contribution in [0, 0.1) is 0 Å². The van der Waals surface area contributed by atoms with E-state index in [0.717, 1.165) is 35.2 Å². The first-order chi connectivity index (χ1) is 17.5. The molecule has 182 valence electrons. The quantitative estimate of drug-likeness (QED) is 0.254. The van der Waals surface area contributed by atoms with Crippen molar-refractivity contribution < 1.29 is 4.79 Å². The second-order valence-electron chi connectivity index (χ2n) is 9.29. The number of amidine groups is 1. The summed E-state index contributed by atoms with van der Waals surface area (Å²) in [6, 6.07) is 25.1. The third-order valence-corrected chi connectivity index (χ3v) is 7.56. The summed E-state index contributed by atoms with van der Waals surface area (Å²) in [5.41, 5.74) is 6.40. The van der Waals surface area contributed by atoms with E-state index < -0.39 is 0 Å². The summed E-state index contributed by atoms with van der Waals surface area (Å²) in [6.45, 7) is 8.62. The molecule has 0 bridgehead atoms. The Kier molecular flexibility index (Phi) is 6.84. The fourth-order valence-corrected chi connectivity index (χ4v) is 5.48. The summed E-state index contributed by atoms with van der Waals surface area (Å²) in [6.07, 6.45) is 6.11. The fraction of sp³-hybridized carbons (Fsp3) is 0.226. The number of carbonyl (C=O) groups is 1. The highest BCUT2D eigenvalue weighted by Crippen LogP contribution is 2.38. The van der Waals surface area contributed by atoms with E-state index in [2.05, 4.69) is 80.9 Å². The van der Waals surface area contributed by atoms with Crippen molar-refractivity contribution in [3.05, 3.63) is 101 Å². The van der Waals surface area contributed by atoms with Gasteiger partial charge in [0.2, 0.25) is 0 Å². The Labute approximate surface area is 217 Å². The van der Waals surface area contributed by atoms with Crippen LogP contribution in [-0.4, -0.2) is 15.6 Å². The minimum absolute atomic E-state index is 0.0467. The molecule has 0 radical (unpaired) electrons. The van der Waals surface area contributed by atoms with Crippen LogP contribution in [-0.2, 0) is 17.6 Å². The number of aryl methyl sites for hydroxylation is 2. The smallest absolute Gasteiger partial charge is 0.271 e. The molecule has 1 amide bonds. The van der Waals surface area contributed by atoms with E-state index in [0.29, 0.717) is 16.1 Å². The van der Waals surface area contributed by atoms with E-state index in [9.17, 15) is 4.79 Å². The van der Waals surface area contributed by atoms with E-state index in [1.54, 1.807) is 4.90 Å². The molecule has 4 nitrogen and oxygen atoms in total. The SMILES string of the molecule is CCc1ccc(N=C2S/C(=C\c3cn(C(C)C)c4ccccc34)C(=O)N2c2ccc(CC)cc2)cc1. The van der Waals surface area contributed by atoms with Crippen molar-refractivity contribution in [2.24, 2.45) is 4.99 Å². The summed E-state index contributed by atoms with van der Waals surface area (Å²) in [5.74, 6) is -0.0467. The Morgan fingerprint density at radius 3 is 2.17 bits per heavy atom. The molecule has 1 aliphatic rings. The molecule has 5 heteroatoms. The van der Waals surface area contributed by atoms with Crippen molar-refractivity contribution in [2.45, 2.75) is 46.6 Å². The number of hydrogen-bond donors (Lipinski definition) is 0. The van der Waals surface area contributed by atoms with Gasteiger partial charge < -0.3 is 4.57 Å². The molecule has 1 saturated heterocycles. The van der Waals surface area contributed by atoms with Crippen LogP contribution in [0.5, 0.6) is 0 Å². The van der Waals surface area contributed by atoms with Crippen LogP contribution in [0.3, 0.4) is 0 Å². The number of benzene rings is 3. The number of aliphatic imine (C=N–C) groups is 1. The van der Waals surface area contributed by atoms with E-state index in [-0.39, 0.29) is 5.91 Å². The van der Waals surface area contributed by atoms with Gasteiger partial charge in [-0.25, -0.2) is 4.99 Å². The molecule has 0 unspecified atom stereocenters. The second-order valence-corrected chi connectivity index (χ2v) is 10.3. The normalized spacial score (nSPS) is 16.2. The average Bonchev–Trinajstić information content (AvgIpc) is 3.42. The highest BCUT2D eigenvalue weighted by molar-refractivity contribution is 8.19. The van der Waals surface area contributed by atoms with Gasteiger partial charge in [-0.15, -0.1) is 0 Å². The number of thioether (sulfide) groups is 1. The first-order valence-corrected chi connectivity index (χ1v) is 13.4. The summed E-state index contributed by atoms with van der Waals surface area (Å²) in [7, 11) is 0. The van der Waals surface area contributed by atoms with Crippen LogP contribution < -0.4 is 4.90 Å². The Balaban J connectivity index is 1.59. The zero-order chi connectivity index (χ0) is 25.2. The topological polar surface area (TPSA) is 37.6 Å². The summed E-state index contributed by atoms with van der Waals surface area (Å²) in [4.78, 5) is 21.1. The minimum Gasteiger partial charge on any atom is -0.344 e. The number of amides is 1. The number of hydrogen-bond acceptors (Lipinski definition) is 3. The molecule has 3 aromatic carbocycles. The van der Waals surface area contributed by atoms with Crippen LogP contribution in [0.15, 0.2) is 88.9 Å². The first-order valence-electron chi connectivity index (χ1n) is 12.6. The van der Waals surface area contributed by atoms with Gasteiger partial charge in [0.15, 0.2) is 5.17 Å². The molecule has 0 spiro atoms. The lowest BCUT2D eigenvalue weighted by Crippen LogP contribution is -2.28. The summed E-state index contributed by atoms with van der Waals surface area (Å²) < 4.78 is 2.26. The van der Waals surface area contributed by atoms with Gasteiger partial charge in [-0.2, -0.15) is 0 Å². The van der Waals surface area contributed by atoms with E-state index >= 15 is 0 Å². The van der Waals surface area contributed by atoms with Crippen LogP contribution in [0.25, 0.3) is 17.0 Å². The van der Waals surface area contributed by atoms with Crippen LogP contribution in [0.1, 0.15) is 50.4 Å². The molecule has 1 fully saturated rings. The van der Waals surface area contributed by atoms with Crippen molar-refractivity contribution >= 4 is 51.2 Å². The maximum absolute atomic E-state index is 13.8. The monoisotopic (exact) mass is 493 g/mol. The first kappa shape index (κ1) is 24.1. The fourth-order valence-electron chi connectivity index (χ4n) is 4.49. The number of nitrogens with zero attached hydrogens (tertiary/aromatic N) is 3. The molecule has 2 heterocycles. The lowest BCUT2D eigenvalue weighted by Gasteiger charge is -2.16. The second kappa shape index (κ2) is 10.2. The van der Waals surface area contributed by atoms with Gasteiger partial charge in [-0.3, -0.25) is 9.69 Å². The molecule has 0 saturated carbocycles. The maximum atomic E-state index is 13.8. The number of fused-ring (bicyclic) bond motifs is 1. The van der Waals surface area contributed by atoms with Crippen molar-refractivity contribution in [1.82, 2.24) is 4.57 Å². The summed E-state index contributed by atoms with van der Waals surface area (Å²) >= 11 is 1.44. The van der Waals surface area contributed by atoms with Crippen LogP contribution >= 0.6 is 11.8 Å². The van der Waals surface area contributed by atoms with Gasteiger partial charge in [0.05, 0.1) is 16.3 Å². The third-order valence-electron chi connectivity index (χ3n) is 6.59. The highest BCUT2D eigenvalue weighted by Gasteiger charge is 2.35. The number of rotatable bonds is 6. The number of para-hydroxylation sites is 1. The molecule has 36 heavy (non-hydrogen) atoms. The van der Waals surface area contributed by atoms with Gasteiger partial charge in [0.1, 0.15) is 0 Å². The molecule has 0 N–H and O–H groups in total. The zero-order valence-electron chi connectivity index (χ0n) is 21.2. The van der Waals surface area contributed by atoms with Crippen molar-refractivity contribution in [3.63, 3.8) is 0 Å². The molecule has 0 aliphatic carbocycles.